The van der Waals surface area contributed by atoms with Gasteiger partial charge in [-0.1, -0.05) is 6.07 Å². The van der Waals surface area contributed by atoms with E-state index in [1.807, 2.05) is 0 Å². The number of fused-ring (bicyclic) bond motifs is 1. The fourth-order valence-corrected chi connectivity index (χ4v) is 5.09. The molecule has 0 radical (unpaired) electrons. The number of rotatable bonds is 4. The van der Waals surface area contributed by atoms with Gasteiger partial charge < -0.3 is 20.6 Å². The second kappa shape index (κ2) is 8.80. The molecule has 31 heavy (non-hydrogen) atoms. The number of aromatic nitrogens is 2. The van der Waals surface area contributed by atoms with Crippen LogP contribution in [0.5, 0.6) is 0 Å². The van der Waals surface area contributed by atoms with Crippen LogP contribution in [0.1, 0.15) is 37.7 Å². The van der Waals surface area contributed by atoms with Crippen LogP contribution in [0.25, 0.3) is 11.3 Å². The molecule has 1 aliphatic carbocycles. The average Bonchev–Trinajstić information content (AvgIpc) is 3.39. The Balaban J connectivity index is 1.28. The molecule has 4 N–H and O–H groups in total. The van der Waals surface area contributed by atoms with Gasteiger partial charge in [-0.05, 0) is 62.8 Å². The van der Waals surface area contributed by atoms with Gasteiger partial charge in [0.05, 0.1) is 30.2 Å². The molecule has 3 heterocycles. The van der Waals surface area contributed by atoms with Crippen LogP contribution >= 0.6 is 0 Å². The first kappa shape index (κ1) is 20.2. The van der Waals surface area contributed by atoms with E-state index < -0.39 is 0 Å². The van der Waals surface area contributed by atoms with Gasteiger partial charge in [0.25, 0.3) is 0 Å². The lowest BCUT2D eigenvalue weighted by molar-refractivity contribution is 0.161. The van der Waals surface area contributed by atoms with Crippen molar-refractivity contribution in [1.82, 2.24) is 20.6 Å². The molecule has 8 heteroatoms. The Kier molecular flexibility index (Phi) is 5.74. The van der Waals surface area contributed by atoms with Gasteiger partial charge >= 0.3 is 6.03 Å². The number of urea groups is 1. The molecule has 0 bridgehead atoms. The second-order valence-electron chi connectivity index (χ2n) is 8.78. The summed E-state index contributed by atoms with van der Waals surface area (Å²) in [7, 11) is 0. The first-order valence-electron chi connectivity index (χ1n) is 11.4. The topological polar surface area (TPSA) is 102 Å². The van der Waals surface area contributed by atoms with Crippen molar-refractivity contribution in [2.24, 2.45) is 0 Å². The predicted molar refractivity (Wildman–Crippen MR) is 120 cm³/mol. The minimum Gasteiger partial charge on any atom is -0.391 e. The van der Waals surface area contributed by atoms with Crippen LogP contribution in [-0.2, 0) is 6.42 Å². The van der Waals surface area contributed by atoms with Gasteiger partial charge in [-0.25, -0.2) is 9.78 Å². The highest BCUT2D eigenvalue weighted by molar-refractivity contribution is 5.88. The number of piperidine rings is 1. The molecule has 5 rings (SSSR count). The zero-order valence-electron chi connectivity index (χ0n) is 17.7. The number of aliphatic hydroxyl groups excluding tert-OH is 1. The van der Waals surface area contributed by atoms with Crippen LogP contribution in [0.4, 0.5) is 16.3 Å². The number of nitrogens with zero attached hydrogens (tertiary/aromatic N) is 3. The first-order valence-corrected chi connectivity index (χ1v) is 11.4. The number of hydrogen-bond donors (Lipinski definition) is 4. The highest BCUT2D eigenvalue weighted by Gasteiger charge is 2.34. The van der Waals surface area contributed by atoms with E-state index in [0.29, 0.717) is 5.82 Å². The van der Waals surface area contributed by atoms with Crippen LogP contribution in [0, 0.1) is 0 Å². The van der Waals surface area contributed by atoms with E-state index in [9.17, 15) is 9.90 Å². The van der Waals surface area contributed by atoms with Crippen molar-refractivity contribution in [1.29, 1.82) is 0 Å². The van der Waals surface area contributed by atoms with Gasteiger partial charge in [0.15, 0.2) is 5.82 Å². The fraction of sp³-hybridized carbons (Fsp3) is 0.522. The number of aliphatic hydroxyl groups is 1. The summed E-state index contributed by atoms with van der Waals surface area (Å²) in [6.45, 7) is 2.75. The molecule has 0 spiro atoms. The number of anilines is 2. The van der Waals surface area contributed by atoms with Crippen molar-refractivity contribution < 1.29 is 9.90 Å². The number of amides is 2. The molecular weight excluding hydrogens is 392 g/mol. The van der Waals surface area contributed by atoms with Gasteiger partial charge in [0.1, 0.15) is 0 Å². The molecule has 2 fully saturated rings. The summed E-state index contributed by atoms with van der Waals surface area (Å²) in [6.07, 6.45) is 9.13. The average molecular weight is 423 g/mol. The Morgan fingerprint density at radius 1 is 1.19 bits per heavy atom. The quantitative estimate of drug-likeness (QED) is 0.603. The number of hydrogen-bond acceptors (Lipinski definition) is 6. The van der Waals surface area contributed by atoms with Crippen molar-refractivity contribution in [3.05, 3.63) is 36.2 Å². The summed E-state index contributed by atoms with van der Waals surface area (Å²) in [4.78, 5) is 23.6. The Hall–Kier alpha value is -2.71. The van der Waals surface area contributed by atoms with E-state index in [0.717, 1.165) is 69.4 Å². The zero-order chi connectivity index (χ0) is 21.2. The molecule has 3 aliphatic rings. The lowest BCUT2D eigenvalue weighted by atomic mass is 10.1. The molecule has 2 aromatic rings. The Morgan fingerprint density at radius 2 is 2.13 bits per heavy atom. The molecule has 1 aromatic carbocycles. The number of carbonyl (C=O) groups excluding carboxylic acids is 1. The third kappa shape index (κ3) is 4.36. The monoisotopic (exact) mass is 422 g/mol. The highest BCUT2D eigenvalue weighted by Crippen LogP contribution is 2.37. The molecule has 2 aliphatic heterocycles. The van der Waals surface area contributed by atoms with Gasteiger partial charge in [-0.15, -0.1) is 0 Å². The lowest BCUT2D eigenvalue weighted by Gasteiger charge is -2.29. The Morgan fingerprint density at radius 3 is 2.94 bits per heavy atom. The van der Waals surface area contributed by atoms with Crippen LogP contribution in [0.3, 0.4) is 0 Å². The number of carbonyl (C=O) groups is 1. The van der Waals surface area contributed by atoms with Crippen molar-refractivity contribution in [3.8, 4) is 11.3 Å². The van der Waals surface area contributed by atoms with Gasteiger partial charge in [-0.2, -0.15) is 0 Å². The SMILES string of the molecule is O=C(Nc1cncc(-c2ccc3c(c2)CCN3C2CCCC2O)n1)N[C@H]1CCCNC1. The molecule has 164 valence electrons. The summed E-state index contributed by atoms with van der Waals surface area (Å²) < 4.78 is 0. The van der Waals surface area contributed by atoms with Crippen LogP contribution < -0.4 is 20.9 Å². The normalized spacial score (nSPS) is 25.3. The summed E-state index contributed by atoms with van der Waals surface area (Å²) in [5, 5.41) is 19.4. The summed E-state index contributed by atoms with van der Waals surface area (Å²) >= 11 is 0. The van der Waals surface area contributed by atoms with Gasteiger partial charge in [-0.3, -0.25) is 10.3 Å². The number of nitrogens with one attached hydrogen (secondary N) is 3. The molecule has 1 aromatic heterocycles. The van der Waals surface area contributed by atoms with E-state index >= 15 is 0 Å². The largest absolute Gasteiger partial charge is 0.391 e. The first-order chi connectivity index (χ1) is 15.2. The van der Waals surface area contributed by atoms with E-state index in [1.54, 1.807) is 12.4 Å². The predicted octanol–water partition coefficient (Wildman–Crippen LogP) is 2.29. The van der Waals surface area contributed by atoms with E-state index in [2.05, 4.69) is 49.0 Å². The van der Waals surface area contributed by atoms with Crippen molar-refractivity contribution >= 4 is 17.5 Å². The lowest BCUT2D eigenvalue weighted by Crippen LogP contribution is -2.47. The minimum atomic E-state index is -0.250. The standard InChI is InChI=1S/C23H30N6O2/c30-21-5-1-4-20(21)29-10-8-16-11-15(6-7-19(16)29)18-13-25-14-22(27-18)28-23(31)26-17-3-2-9-24-12-17/h6-7,11,13-14,17,20-21,24,30H,1-5,8-10,12H2,(H2,26,27,28,31)/t17-,20?,21?/m0/s1. The Labute approximate surface area is 182 Å². The van der Waals surface area contributed by atoms with E-state index in [1.165, 1.54) is 11.3 Å². The Bertz CT molecular complexity index is 945. The van der Waals surface area contributed by atoms with Gasteiger partial charge in [0.2, 0.25) is 0 Å². The molecular formula is C23H30N6O2. The molecule has 1 saturated carbocycles. The van der Waals surface area contributed by atoms with Crippen molar-refractivity contribution in [2.75, 3.05) is 29.9 Å². The molecule has 1 saturated heterocycles. The molecule has 3 atom stereocenters. The van der Waals surface area contributed by atoms with Crippen molar-refractivity contribution in [2.45, 2.75) is 56.7 Å². The van der Waals surface area contributed by atoms with Crippen LogP contribution in [-0.4, -0.2) is 58.9 Å². The zero-order valence-corrected chi connectivity index (χ0v) is 17.7. The smallest absolute Gasteiger partial charge is 0.320 e. The van der Waals surface area contributed by atoms with E-state index in [-0.39, 0.29) is 24.2 Å². The van der Waals surface area contributed by atoms with Crippen molar-refractivity contribution in [3.63, 3.8) is 0 Å². The maximum Gasteiger partial charge on any atom is 0.320 e. The number of benzene rings is 1. The molecule has 2 unspecified atom stereocenters. The highest BCUT2D eigenvalue weighted by atomic mass is 16.3. The molecule has 8 nitrogen and oxygen atoms in total. The summed E-state index contributed by atoms with van der Waals surface area (Å²) in [6, 6.07) is 6.48. The second-order valence-corrected chi connectivity index (χ2v) is 8.78. The van der Waals surface area contributed by atoms with Crippen LogP contribution in [0.15, 0.2) is 30.6 Å². The summed E-state index contributed by atoms with van der Waals surface area (Å²) in [5.41, 5.74) is 4.22. The third-order valence-electron chi connectivity index (χ3n) is 6.66. The van der Waals surface area contributed by atoms with Gasteiger partial charge in [0, 0.05) is 30.4 Å². The maximum atomic E-state index is 12.3. The fourth-order valence-electron chi connectivity index (χ4n) is 5.09. The van der Waals surface area contributed by atoms with Crippen LogP contribution in [0.2, 0.25) is 0 Å². The maximum absolute atomic E-state index is 12.3. The molecule has 2 amide bonds. The van der Waals surface area contributed by atoms with E-state index in [4.69, 9.17) is 0 Å². The minimum absolute atomic E-state index is 0.142. The third-order valence-corrected chi connectivity index (χ3v) is 6.66. The summed E-state index contributed by atoms with van der Waals surface area (Å²) in [5.74, 6) is 0.440.